The van der Waals surface area contributed by atoms with Gasteiger partial charge in [0, 0.05) is 12.5 Å². The zero-order valence-electron chi connectivity index (χ0n) is 10.7. The average Bonchev–Trinajstić information content (AvgIpc) is 2.71. The van der Waals surface area contributed by atoms with Gasteiger partial charge in [-0.15, -0.1) is 0 Å². The molecule has 19 heavy (non-hydrogen) atoms. The van der Waals surface area contributed by atoms with Crippen molar-refractivity contribution >= 4 is 0 Å². The monoisotopic (exact) mass is 252 g/mol. The molecule has 1 nitrogen and oxygen atoms in total. The van der Waals surface area contributed by atoms with Crippen LogP contribution in [0.1, 0.15) is 34.7 Å². The van der Waals surface area contributed by atoms with Crippen molar-refractivity contribution in [2.24, 2.45) is 0 Å². The normalized spacial score (nSPS) is 26.9. The summed E-state index contributed by atoms with van der Waals surface area (Å²) < 4.78 is 13.2. The Kier molecular flexibility index (Phi) is 2.30. The first-order valence-electron chi connectivity index (χ1n) is 6.86. The van der Waals surface area contributed by atoms with Gasteiger partial charge in [-0.1, -0.05) is 48.5 Å². The number of benzene rings is 2. The summed E-state index contributed by atoms with van der Waals surface area (Å²) in [6.07, 6.45) is 1.51. The lowest BCUT2D eigenvalue weighted by atomic mass is 9.78. The molecule has 0 saturated carbocycles. The van der Waals surface area contributed by atoms with Gasteiger partial charge in [0.25, 0.3) is 0 Å². The molecule has 96 valence electrons. The Labute approximate surface area is 112 Å². The van der Waals surface area contributed by atoms with Crippen LogP contribution in [0.5, 0.6) is 0 Å². The molecule has 2 aliphatic rings. The summed E-state index contributed by atoms with van der Waals surface area (Å²) in [6, 6.07) is 17.3. The molecule has 0 saturated heterocycles. The molecule has 2 aromatic rings. The van der Waals surface area contributed by atoms with Crippen LogP contribution in [0, 0.1) is 0 Å². The van der Waals surface area contributed by atoms with Crippen molar-refractivity contribution in [2.45, 2.75) is 24.4 Å². The molecule has 0 amide bonds. The van der Waals surface area contributed by atoms with Crippen LogP contribution < -0.4 is 5.32 Å². The van der Waals surface area contributed by atoms with Crippen molar-refractivity contribution in [2.75, 3.05) is 6.67 Å². The third-order valence-corrected chi connectivity index (χ3v) is 4.59. The number of hydrogen-bond acceptors (Lipinski definition) is 1. The largest absolute Gasteiger partial charge is 0.296 e. The van der Waals surface area contributed by atoms with Crippen LogP contribution in [0.15, 0.2) is 48.5 Å². The smallest absolute Gasteiger partial charge is 0.0918 e. The molecule has 2 heteroatoms. The number of alkyl halides is 1. The molecule has 0 radical (unpaired) electrons. The second kappa shape index (κ2) is 3.91. The molecule has 0 unspecified atom stereocenters. The van der Waals surface area contributed by atoms with Crippen LogP contribution in [0.25, 0.3) is 0 Å². The van der Waals surface area contributed by atoms with Crippen molar-refractivity contribution in [1.82, 2.24) is 5.32 Å². The van der Waals surface area contributed by atoms with E-state index < -0.39 is 0 Å². The molecule has 0 aromatic heterocycles. The van der Waals surface area contributed by atoms with Gasteiger partial charge in [0.05, 0.1) is 12.2 Å². The number of hydrogen-bond donors (Lipinski definition) is 1. The second-order valence-corrected chi connectivity index (χ2v) is 5.49. The Hall–Kier alpha value is -1.67. The van der Waals surface area contributed by atoms with Gasteiger partial charge in [-0.25, -0.2) is 0 Å². The van der Waals surface area contributed by atoms with Gasteiger partial charge < -0.3 is 0 Å². The molecule has 2 atom stereocenters. The fraction of sp³-hybridized carbons (Fsp3) is 0.294. The fourth-order valence-corrected chi connectivity index (χ4v) is 3.84. The molecule has 0 fully saturated rings. The van der Waals surface area contributed by atoms with Crippen LogP contribution in [-0.4, -0.2) is 6.67 Å². The second-order valence-electron chi connectivity index (χ2n) is 5.49. The molecular formula is C17H16FN. The minimum Gasteiger partial charge on any atom is -0.296 e. The Balaban J connectivity index is 2.01. The predicted molar refractivity (Wildman–Crippen MR) is 73.8 cm³/mol. The molecule has 4 rings (SSSR count). The maximum atomic E-state index is 13.2. The Bertz CT molecular complexity index is 624. The van der Waals surface area contributed by atoms with E-state index in [4.69, 9.17) is 0 Å². The van der Waals surface area contributed by atoms with E-state index in [2.05, 4.69) is 53.8 Å². The zero-order chi connectivity index (χ0) is 12.9. The maximum Gasteiger partial charge on any atom is 0.0918 e. The van der Waals surface area contributed by atoms with E-state index in [1.54, 1.807) is 0 Å². The van der Waals surface area contributed by atoms with Crippen LogP contribution in [-0.2, 0) is 12.0 Å². The standard InChI is InChI=1S/C17H16FN/c18-10-9-17-14-7-3-1-5-12(14)11-16(19-17)13-6-2-4-8-15(13)17/h1-8,16,19H,9-11H2/t16-,17+/m1/s1/i18-1. The van der Waals surface area contributed by atoms with Gasteiger partial charge in [0.1, 0.15) is 0 Å². The topological polar surface area (TPSA) is 12.0 Å². The Morgan fingerprint density at radius 2 is 1.79 bits per heavy atom. The number of fused-ring (bicyclic) bond motifs is 7. The van der Waals surface area contributed by atoms with E-state index in [-0.39, 0.29) is 12.2 Å². The highest BCUT2D eigenvalue weighted by Gasteiger charge is 2.48. The van der Waals surface area contributed by atoms with Gasteiger partial charge in [-0.2, -0.15) is 0 Å². The highest BCUT2D eigenvalue weighted by molar-refractivity contribution is 5.54. The van der Waals surface area contributed by atoms with Crippen LogP contribution in [0.3, 0.4) is 0 Å². The van der Waals surface area contributed by atoms with E-state index in [1.165, 1.54) is 22.3 Å². The summed E-state index contributed by atoms with van der Waals surface area (Å²) in [4.78, 5) is 0. The van der Waals surface area contributed by atoms with Gasteiger partial charge in [0.2, 0.25) is 0 Å². The lowest BCUT2D eigenvalue weighted by Gasteiger charge is -2.37. The summed E-state index contributed by atoms with van der Waals surface area (Å²) in [5, 5.41) is 3.69. The third kappa shape index (κ3) is 1.38. The molecule has 2 aliphatic heterocycles. The molecule has 0 aliphatic carbocycles. The van der Waals surface area contributed by atoms with Crippen LogP contribution >= 0.6 is 0 Å². The number of nitrogens with one attached hydrogen (secondary N) is 1. The molecule has 2 bridgehead atoms. The van der Waals surface area contributed by atoms with Gasteiger partial charge >= 0.3 is 0 Å². The number of halogens is 1. The molecule has 2 aromatic carbocycles. The van der Waals surface area contributed by atoms with E-state index in [1.807, 2.05) is 0 Å². The van der Waals surface area contributed by atoms with E-state index in [0.717, 1.165) is 6.42 Å². The highest BCUT2D eigenvalue weighted by atomic mass is 18.2. The summed E-state index contributed by atoms with van der Waals surface area (Å²) in [5.41, 5.74) is 4.91. The Morgan fingerprint density at radius 1 is 1.05 bits per heavy atom. The third-order valence-electron chi connectivity index (χ3n) is 4.59. The summed E-state index contributed by atoms with van der Waals surface area (Å²) in [7, 11) is 0. The van der Waals surface area contributed by atoms with Gasteiger partial charge in [-0.05, 0) is 28.7 Å². The van der Waals surface area contributed by atoms with E-state index in [0.29, 0.717) is 12.5 Å². The molecule has 1 N–H and O–H groups in total. The first kappa shape index (κ1) is 11.2. The Morgan fingerprint density at radius 3 is 2.63 bits per heavy atom. The van der Waals surface area contributed by atoms with Crippen molar-refractivity contribution in [3.63, 3.8) is 0 Å². The molecule has 0 spiro atoms. The lowest BCUT2D eigenvalue weighted by Crippen LogP contribution is -2.44. The quantitative estimate of drug-likeness (QED) is 0.862. The molecule has 2 heterocycles. The highest BCUT2D eigenvalue weighted by Crippen LogP contribution is 2.50. The minimum atomic E-state index is -0.315. The predicted octanol–water partition coefficient (Wildman–Crippen LogP) is 3.49. The summed E-state index contributed by atoms with van der Waals surface area (Å²) in [5.74, 6) is 0. The fourth-order valence-electron chi connectivity index (χ4n) is 3.84. The first-order valence-corrected chi connectivity index (χ1v) is 6.86. The zero-order valence-corrected chi connectivity index (χ0v) is 10.7. The van der Waals surface area contributed by atoms with E-state index >= 15 is 0 Å². The molecular weight excluding hydrogens is 236 g/mol. The van der Waals surface area contributed by atoms with Crippen molar-refractivity contribution in [3.8, 4) is 0 Å². The maximum absolute atomic E-state index is 13.2. The van der Waals surface area contributed by atoms with Crippen LogP contribution in [0.2, 0.25) is 0 Å². The van der Waals surface area contributed by atoms with Crippen LogP contribution in [0.4, 0.5) is 4.39 Å². The van der Waals surface area contributed by atoms with E-state index in [9.17, 15) is 4.39 Å². The first-order chi connectivity index (χ1) is 9.35. The summed E-state index contributed by atoms with van der Waals surface area (Å²) in [6.45, 7) is -0.303. The average molecular weight is 252 g/mol. The number of rotatable bonds is 2. The van der Waals surface area contributed by atoms with Crippen molar-refractivity contribution < 1.29 is 4.39 Å². The minimum absolute atomic E-state index is 0.303. The van der Waals surface area contributed by atoms with Crippen molar-refractivity contribution in [3.05, 3.63) is 70.8 Å². The lowest BCUT2D eigenvalue weighted by molar-refractivity contribution is 0.301. The summed E-state index contributed by atoms with van der Waals surface area (Å²) >= 11 is 0. The van der Waals surface area contributed by atoms with Crippen molar-refractivity contribution in [1.29, 1.82) is 0 Å². The van der Waals surface area contributed by atoms with Gasteiger partial charge in [0.15, 0.2) is 0 Å². The van der Waals surface area contributed by atoms with Gasteiger partial charge in [-0.3, -0.25) is 9.71 Å². The SMILES string of the molecule is [18F]CC[C@]12N[C@H](Cc3ccccc31)c1ccccc12.